The molecule has 1 aromatic heterocycles. The lowest BCUT2D eigenvalue weighted by molar-refractivity contribution is -0.227. The first kappa shape index (κ1) is 34.4. The number of benzene rings is 2. The Morgan fingerprint density at radius 2 is 1.51 bits per heavy atom. The maximum absolute atomic E-state index is 13.0. The highest BCUT2D eigenvalue weighted by Crippen LogP contribution is 2.77. The third-order valence-electron chi connectivity index (χ3n) is 16.6. The average molecular weight is 686 g/mol. The molecule has 5 nitrogen and oxygen atoms in total. The van der Waals surface area contributed by atoms with Crippen molar-refractivity contribution < 1.29 is 19.8 Å². The van der Waals surface area contributed by atoms with Crippen LogP contribution in [-0.2, 0) is 4.79 Å². The van der Waals surface area contributed by atoms with Gasteiger partial charge in [0.05, 0.1) is 16.5 Å². The molecule has 0 radical (unpaired) electrons. The molecule has 2 N–H and O–H groups in total. The van der Waals surface area contributed by atoms with E-state index in [2.05, 4.69) is 83.4 Å². The summed E-state index contributed by atoms with van der Waals surface area (Å²) >= 11 is 0. The van der Waals surface area contributed by atoms with Gasteiger partial charge in [0, 0.05) is 17.1 Å². The van der Waals surface area contributed by atoms with Crippen LogP contribution in [0.1, 0.15) is 115 Å². The summed E-state index contributed by atoms with van der Waals surface area (Å²) < 4.78 is 0. The molecule has 4 saturated carbocycles. The summed E-state index contributed by atoms with van der Waals surface area (Å²) in [4.78, 5) is 30.1. The van der Waals surface area contributed by atoms with Gasteiger partial charge in [0.25, 0.3) is 0 Å². The molecule has 0 bridgehead atoms. The maximum Gasteiger partial charge on any atom is 0.337 e. The Morgan fingerprint density at radius 3 is 2.20 bits per heavy atom. The monoisotopic (exact) mass is 685 g/mol. The van der Waals surface area contributed by atoms with Crippen molar-refractivity contribution in [2.45, 2.75) is 99.3 Å². The lowest BCUT2D eigenvalue weighted by atomic mass is 9.32. The molecule has 2 aromatic carbocycles. The van der Waals surface area contributed by atoms with Gasteiger partial charge in [-0.05, 0) is 139 Å². The van der Waals surface area contributed by atoms with Crippen LogP contribution in [0.25, 0.3) is 27.6 Å². The molecule has 9 unspecified atom stereocenters. The van der Waals surface area contributed by atoms with Gasteiger partial charge < -0.3 is 10.2 Å². The number of aliphatic carboxylic acids is 1. The quantitative estimate of drug-likeness (QED) is 0.261. The number of allylic oxidation sites excluding steroid dienone is 3. The lowest BCUT2D eigenvalue weighted by Crippen LogP contribution is -2.65. The molecule has 0 spiro atoms. The predicted octanol–water partition coefficient (Wildman–Crippen LogP) is 11.3. The Bertz CT molecular complexity index is 1990. The topological polar surface area (TPSA) is 87.5 Å². The molecule has 1 heterocycles. The van der Waals surface area contributed by atoms with Crippen molar-refractivity contribution in [3.05, 3.63) is 84.1 Å². The van der Waals surface area contributed by atoms with E-state index in [4.69, 9.17) is 0 Å². The minimum absolute atomic E-state index is 0.0359. The number of carbonyl (C=O) groups is 2. The number of aromatic nitrogens is 1. The zero-order valence-electron chi connectivity index (χ0n) is 31.4. The fourth-order valence-corrected chi connectivity index (χ4v) is 14.0. The molecule has 3 aromatic rings. The normalized spacial score (nSPS) is 38.1. The molecule has 5 aliphatic rings. The van der Waals surface area contributed by atoms with E-state index in [1.54, 1.807) is 6.20 Å². The first-order valence-electron chi connectivity index (χ1n) is 19.4. The van der Waals surface area contributed by atoms with Crippen LogP contribution in [0, 0.1) is 56.7 Å². The van der Waals surface area contributed by atoms with Gasteiger partial charge in [-0.1, -0.05) is 95.3 Å². The minimum atomic E-state index is -0.941. The van der Waals surface area contributed by atoms with Crippen molar-refractivity contribution in [3.8, 4) is 11.1 Å². The number of rotatable bonds is 5. The van der Waals surface area contributed by atoms with Gasteiger partial charge in [0.15, 0.2) is 0 Å². The van der Waals surface area contributed by atoms with Crippen molar-refractivity contribution in [1.82, 2.24) is 4.98 Å². The second-order valence-electron chi connectivity index (χ2n) is 18.6. The van der Waals surface area contributed by atoms with E-state index in [9.17, 15) is 19.8 Å². The van der Waals surface area contributed by atoms with Crippen LogP contribution in [-0.4, -0.2) is 27.1 Å². The fourth-order valence-electron chi connectivity index (χ4n) is 14.0. The first-order valence-corrected chi connectivity index (χ1v) is 19.4. The van der Waals surface area contributed by atoms with E-state index >= 15 is 0 Å². The van der Waals surface area contributed by atoms with Gasteiger partial charge in [-0.25, -0.2) is 4.79 Å². The van der Waals surface area contributed by atoms with Crippen molar-refractivity contribution >= 4 is 28.4 Å². The molecule has 8 rings (SSSR count). The molecule has 4 fully saturated rings. The van der Waals surface area contributed by atoms with Crippen molar-refractivity contribution in [2.24, 2.45) is 56.7 Å². The van der Waals surface area contributed by atoms with Crippen molar-refractivity contribution in [3.63, 3.8) is 0 Å². The van der Waals surface area contributed by atoms with Gasteiger partial charge in [0.1, 0.15) is 0 Å². The molecule has 5 aliphatic carbocycles. The number of carboxylic acids is 2. The van der Waals surface area contributed by atoms with E-state index in [1.165, 1.54) is 36.0 Å². The third-order valence-corrected chi connectivity index (χ3v) is 16.6. The summed E-state index contributed by atoms with van der Waals surface area (Å²) in [5.41, 5.74) is 6.09. The van der Waals surface area contributed by atoms with Crippen LogP contribution >= 0.6 is 0 Å². The number of pyridine rings is 1. The Labute approximate surface area is 303 Å². The Kier molecular flexibility index (Phi) is 7.67. The van der Waals surface area contributed by atoms with Crippen LogP contribution in [0.5, 0.6) is 0 Å². The molecule has 5 heteroatoms. The molecule has 0 aliphatic heterocycles. The smallest absolute Gasteiger partial charge is 0.337 e. The van der Waals surface area contributed by atoms with E-state index in [0.717, 1.165) is 44.1 Å². The third kappa shape index (κ3) is 4.54. The van der Waals surface area contributed by atoms with Crippen LogP contribution < -0.4 is 0 Å². The Balaban J connectivity index is 1.12. The molecule has 0 amide bonds. The molecule has 268 valence electrons. The molecule has 0 saturated heterocycles. The number of aromatic carboxylic acids is 1. The van der Waals surface area contributed by atoms with E-state index in [0.29, 0.717) is 45.7 Å². The van der Waals surface area contributed by atoms with Crippen LogP contribution in [0.4, 0.5) is 0 Å². The summed E-state index contributed by atoms with van der Waals surface area (Å²) in [7, 11) is 0. The summed E-state index contributed by atoms with van der Waals surface area (Å²) in [5, 5.41) is 21.6. The van der Waals surface area contributed by atoms with Crippen LogP contribution in [0.15, 0.2) is 73.0 Å². The number of hydrogen-bond acceptors (Lipinski definition) is 3. The highest BCUT2D eigenvalue weighted by molar-refractivity contribution is 6.08. The highest BCUT2D eigenvalue weighted by atomic mass is 16.4. The van der Waals surface area contributed by atoms with Crippen LogP contribution in [0.2, 0.25) is 0 Å². The molecular formula is C46H55NO4. The van der Waals surface area contributed by atoms with Gasteiger partial charge in [-0.2, -0.15) is 0 Å². The van der Waals surface area contributed by atoms with E-state index < -0.39 is 17.4 Å². The van der Waals surface area contributed by atoms with Gasteiger partial charge in [0.2, 0.25) is 0 Å². The number of carboxylic acid groups (broad SMARTS) is 2. The van der Waals surface area contributed by atoms with Gasteiger partial charge >= 0.3 is 11.9 Å². The maximum atomic E-state index is 13.0. The van der Waals surface area contributed by atoms with E-state index in [1.807, 2.05) is 24.3 Å². The lowest BCUT2D eigenvalue weighted by Gasteiger charge is -2.72. The Morgan fingerprint density at radius 1 is 0.804 bits per heavy atom. The van der Waals surface area contributed by atoms with Gasteiger partial charge in [-0.3, -0.25) is 9.78 Å². The summed E-state index contributed by atoms with van der Waals surface area (Å²) in [6.45, 7) is 19.2. The zero-order valence-corrected chi connectivity index (χ0v) is 31.4. The first-order chi connectivity index (χ1) is 24.1. The van der Waals surface area contributed by atoms with Crippen LogP contribution in [0.3, 0.4) is 0 Å². The van der Waals surface area contributed by atoms with E-state index in [-0.39, 0.29) is 27.6 Å². The molecular weight excluding hydrogens is 631 g/mol. The number of hydrogen-bond donors (Lipinski definition) is 2. The average Bonchev–Trinajstić information content (AvgIpc) is 3.50. The SMILES string of the molecule is C=C(C)C1CCC2(C(=O)O)CCC3(C)C(CCC4C5(C)CC=C(c6ccc(-c7cnc8ccccc8c7C(=O)O)cc6)C(C)(C)C5CCC43C)C12. The largest absolute Gasteiger partial charge is 0.481 e. The minimum Gasteiger partial charge on any atom is -0.481 e. The molecule has 51 heavy (non-hydrogen) atoms. The zero-order chi connectivity index (χ0) is 36.3. The van der Waals surface area contributed by atoms with Crippen molar-refractivity contribution in [2.75, 3.05) is 0 Å². The molecule has 9 atom stereocenters. The number of nitrogens with zero attached hydrogens (tertiary/aromatic N) is 1. The highest BCUT2D eigenvalue weighted by Gasteiger charge is 2.71. The fraction of sp³-hybridized carbons (Fsp3) is 0.543. The van der Waals surface area contributed by atoms with Crippen molar-refractivity contribution in [1.29, 1.82) is 0 Å². The summed E-state index contributed by atoms with van der Waals surface area (Å²) in [5.74, 6) is 0.554. The second kappa shape index (κ2) is 11.4. The number of para-hydroxylation sites is 1. The predicted molar refractivity (Wildman–Crippen MR) is 204 cm³/mol. The summed E-state index contributed by atoms with van der Waals surface area (Å²) in [6.07, 6.45) is 13.6. The standard InChI is InChI=1S/C46H55NO4/c1-27(2)30-18-23-46(41(50)51)25-24-44(6)34(39(30)46)16-17-37-43(5)21-19-33(42(3,4)36(43)20-22-45(37,44)7)29-14-12-28(13-15-29)32-26-47-35-11-9-8-10-31(35)38(32)40(48)49/h8-15,19,26,30,34,36-37,39H,1,16-18,20-25H2,2-7H3,(H,48,49)(H,50,51). The van der Waals surface area contributed by atoms with Gasteiger partial charge in [-0.15, -0.1) is 0 Å². The second-order valence-corrected chi connectivity index (χ2v) is 18.6. The Hall–Kier alpha value is -3.73. The number of fused-ring (bicyclic) bond motifs is 8. The summed E-state index contributed by atoms with van der Waals surface area (Å²) in [6, 6.07) is 15.9.